The molecule has 2 rings (SSSR count). The molecule has 1 aliphatic rings. The van der Waals surface area contributed by atoms with Gasteiger partial charge >= 0.3 is 0 Å². The van der Waals surface area contributed by atoms with Gasteiger partial charge in [0, 0.05) is 13.2 Å². The van der Waals surface area contributed by atoms with Gasteiger partial charge in [-0.2, -0.15) is 0 Å². The molecule has 1 saturated heterocycles. The molecule has 2 unspecified atom stereocenters. The number of nitrogens with two attached hydrogens (primary N) is 1. The highest BCUT2D eigenvalue weighted by Crippen LogP contribution is 2.31. The Kier molecular flexibility index (Phi) is 4.75. The molecule has 18 heavy (non-hydrogen) atoms. The summed E-state index contributed by atoms with van der Waals surface area (Å²) in [4.78, 5) is 0. The molecular weight excluding hydrogens is 226 g/mol. The normalized spacial score (nSPS) is 20.6. The van der Waals surface area contributed by atoms with E-state index < -0.39 is 0 Å². The molecule has 2 atom stereocenters. The minimum atomic E-state index is -0.376. The van der Waals surface area contributed by atoms with Gasteiger partial charge in [0.25, 0.3) is 0 Å². The molecule has 3 heteroatoms. The molecule has 100 valence electrons. The van der Waals surface area contributed by atoms with Crippen LogP contribution in [-0.2, 0) is 4.74 Å². The van der Waals surface area contributed by atoms with E-state index in [1.54, 1.807) is 0 Å². The maximum Gasteiger partial charge on any atom is 0.0820 e. The van der Waals surface area contributed by atoms with Crippen molar-refractivity contribution >= 4 is 0 Å². The van der Waals surface area contributed by atoms with Gasteiger partial charge in [-0.1, -0.05) is 31.2 Å². The van der Waals surface area contributed by atoms with Crippen molar-refractivity contribution in [1.29, 1.82) is 0 Å². The van der Waals surface area contributed by atoms with Crippen molar-refractivity contribution in [2.45, 2.75) is 31.8 Å². The second-order valence-electron chi connectivity index (χ2n) is 5.20. The average molecular weight is 249 g/mol. The number of rotatable bonds is 4. The van der Waals surface area contributed by atoms with Crippen molar-refractivity contribution in [2.24, 2.45) is 11.7 Å². The molecule has 0 aromatic heterocycles. The largest absolute Gasteiger partial charge is 0.388 e. The number of benzene rings is 1. The first-order chi connectivity index (χ1) is 8.72. The van der Waals surface area contributed by atoms with E-state index in [0.29, 0.717) is 18.4 Å². The number of aliphatic hydroxyl groups is 1. The first kappa shape index (κ1) is 13.5. The van der Waals surface area contributed by atoms with E-state index >= 15 is 0 Å². The lowest BCUT2D eigenvalue weighted by Crippen LogP contribution is -2.22. The SMILES string of the molecule is CC(CN)c1cccc(C(O)C2CCOCC2)c1. The van der Waals surface area contributed by atoms with Crippen LogP contribution in [0.5, 0.6) is 0 Å². The first-order valence-electron chi connectivity index (χ1n) is 6.78. The third-order valence-electron chi connectivity index (χ3n) is 3.89. The molecule has 0 radical (unpaired) electrons. The van der Waals surface area contributed by atoms with Gasteiger partial charge in [-0.3, -0.25) is 0 Å². The average Bonchev–Trinajstić information content (AvgIpc) is 2.46. The Hall–Kier alpha value is -0.900. The molecule has 1 aromatic carbocycles. The zero-order valence-corrected chi connectivity index (χ0v) is 11.0. The van der Waals surface area contributed by atoms with Gasteiger partial charge in [0.1, 0.15) is 0 Å². The minimum Gasteiger partial charge on any atom is -0.388 e. The summed E-state index contributed by atoms with van der Waals surface area (Å²) in [5, 5.41) is 10.4. The quantitative estimate of drug-likeness (QED) is 0.860. The standard InChI is InChI=1S/C15H23NO2/c1-11(10-16)13-3-2-4-14(9-13)15(17)12-5-7-18-8-6-12/h2-4,9,11-12,15,17H,5-8,10,16H2,1H3. The van der Waals surface area contributed by atoms with E-state index in [-0.39, 0.29) is 6.10 Å². The van der Waals surface area contributed by atoms with Gasteiger partial charge in [-0.25, -0.2) is 0 Å². The van der Waals surface area contributed by atoms with Crippen LogP contribution in [0.25, 0.3) is 0 Å². The lowest BCUT2D eigenvalue weighted by atomic mass is 9.87. The van der Waals surface area contributed by atoms with E-state index in [1.165, 1.54) is 5.56 Å². The Morgan fingerprint density at radius 3 is 2.67 bits per heavy atom. The molecule has 0 saturated carbocycles. The summed E-state index contributed by atoms with van der Waals surface area (Å²) in [6.45, 7) is 4.28. The van der Waals surface area contributed by atoms with Gasteiger partial charge in [-0.05, 0) is 42.3 Å². The van der Waals surface area contributed by atoms with Crippen molar-refractivity contribution < 1.29 is 9.84 Å². The molecule has 3 nitrogen and oxygen atoms in total. The molecule has 3 N–H and O–H groups in total. The second-order valence-corrected chi connectivity index (χ2v) is 5.20. The Balaban J connectivity index is 2.11. The van der Waals surface area contributed by atoms with Crippen LogP contribution in [0.1, 0.15) is 42.9 Å². The second kappa shape index (κ2) is 6.32. The van der Waals surface area contributed by atoms with Crippen LogP contribution >= 0.6 is 0 Å². The van der Waals surface area contributed by atoms with E-state index in [4.69, 9.17) is 10.5 Å². The lowest BCUT2D eigenvalue weighted by Gasteiger charge is -2.27. The third-order valence-corrected chi connectivity index (χ3v) is 3.89. The summed E-state index contributed by atoms with van der Waals surface area (Å²) in [5.41, 5.74) is 7.92. The Labute approximate surface area is 109 Å². The summed E-state index contributed by atoms with van der Waals surface area (Å²) in [6, 6.07) is 8.20. The van der Waals surface area contributed by atoms with Crippen LogP contribution in [0.15, 0.2) is 24.3 Å². The van der Waals surface area contributed by atoms with E-state index in [0.717, 1.165) is 31.6 Å². The zero-order valence-electron chi connectivity index (χ0n) is 11.0. The molecule has 0 amide bonds. The molecule has 0 spiro atoms. The van der Waals surface area contributed by atoms with Crippen LogP contribution in [0.2, 0.25) is 0 Å². The van der Waals surface area contributed by atoms with Gasteiger partial charge in [0.05, 0.1) is 6.10 Å². The summed E-state index contributed by atoms with van der Waals surface area (Å²) < 4.78 is 5.34. The number of ether oxygens (including phenoxy) is 1. The third kappa shape index (κ3) is 3.10. The summed E-state index contributed by atoms with van der Waals surface area (Å²) >= 11 is 0. The highest BCUT2D eigenvalue weighted by atomic mass is 16.5. The summed E-state index contributed by atoms with van der Waals surface area (Å²) in [7, 11) is 0. The molecule has 0 bridgehead atoms. The maximum absolute atomic E-state index is 10.4. The van der Waals surface area contributed by atoms with Crippen LogP contribution in [-0.4, -0.2) is 24.9 Å². The Morgan fingerprint density at radius 1 is 1.33 bits per heavy atom. The molecule has 1 heterocycles. The fourth-order valence-electron chi connectivity index (χ4n) is 2.49. The summed E-state index contributed by atoms with van der Waals surface area (Å²) in [5.74, 6) is 0.661. The number of hydrogen-bond donors (Lipinski definition) is 2. The number of aliphatic hydroxyl groups excluding tert-OH is 1. The molecule has 1 aliphatic heterocycles. The smallest absolute Gasteiger partial charge is 0.0820 e. The highest BCUT2D eigenvalue weighted by molar-refractivity contribution is 5.28. The molecular formula is C15H23NO2. The van der Waals surface area contributed by atoms with Gasteiger partial charge < -0.3 is 15.6 Å². The minimum absolute atomic E-state index is 0.321. The number of hydrogen-bond acceptors (Lipinski definition) is 3. The van der Waals surface area contributed by atoms with Crippen molar-refractivity contribution in [1.82, 2.24) is 0 Å². The highest BCUT2D eigenvalue weighted by Gasteiger charge is 2.23. The van der Waals surface area contributed by atoms with Crippen LogP contribution in [0.4, 0.5) is 0 Å². The maximum atomic E-state index is 10.4. The Bertz CT molecular complexity index is 375. The van der Waals surface area contributed by atoms with Crippen molar-refractivity contribution in [3.63, 3.8) is 0 Å². The zero-order chi connectivity index (χ0) is 13.0. The molecule has 1 aromatic rings. The van der Waals surface area contributed by atoms with Crippen molar-refractivity contribution in [2.75, 3.05) is 19.8 Å². The monoisotopic (exact) mass is 249 g/mol. The van der Waals surface area contributed by atoms with Gasteiger partial charge in [-0.15, -0.1) is 0 Å². The van der Waals surface area contributed by atoms with Gasteiger partial charge in [0.15, 0.2) is 0 Å². The first-order valence-corrected chi connectivity index (χ1v) is 6.78. The van der Waals surface area contributed by atoms with Crippen molar-refractivity contribution in [3.05, 3.63) is 35.4 Å². The van der Waals surface area contributed by atoms with Crippen molar-refractivity contribution in [3.8, 4) is 0 Å². The molecule has 0 aliphatic carbocycles. The van der Waals surface area contributed by atoms with Gasteiger partial charge in [0.2, 0.25) is 0 Å². The predicted molar refractivity (Wildman–Crippen MR) is 72.4 cm³/mol. The summed E-state index contributed by atoms with van der Waals surface area (Å²) in [6.07, 6.45) is 1.51. The predicted octanol–water partition coefficient (Wildman–Crippen LogP) is 2.21. The fraction of sp³-hybridized carbons (Fsp3) is 0.600. The molecule has 1 fully saturated rings. The van der Waals surface area contributed by atoms with E-state index in [9.17, 15) is 5.11 Å². The van der Waals surface area contributed by atoms with Crippen LogP contribution in [0, 0.1) is 5.92 Å². The van der Waals surface area contributed by atoms with E-state index in [2.05, 4.69) is 19.1 Å². The topological polar surface area (TPSA) is 55.5 Å². The van der Waals surface area contributed by atoms with Crippen LogP contribution in [0.3, 0.4) is 0 Å². The van der Waals surface area contributed by atoms with E-state index in [1.807, 2.05) is 12.1 Å². The fourth-order valence-corrected chi connectivity index (χ4v) is 2.49. The Morgan fingerprint density at radius 2 is 2.00 bits per heavy atom. The lowest BCUT2D eigenvalue weighted by molar-refractivity contribution is 0.00715. The van der Waals surface area contributed by atoms with Crippen LogP contribution < -0.4 is 5.73 Å².